The van der Waals surface area contributed by atoms with Gasteiger partial charge in [-0.25, -0.2) is 4.79 Å². The monoisotopic (exact) mass is 347 g/mol. The number of anilines is 1. The molecule has 25 heavy (non-hydrogen) atoms. The first-order chi connectivity index (χ1) is 12.2. The summed E-state index contributed by atoms with van der Waals surface area (Å²) >= 11 is 0. The van der Waals surface area contributed by atoms with Crippen LogP contribution in [0.4, 0.5) is 5.69 Å². The van der Waals surface area contributed by atoms with Crippen LogP contribution in [-0.2, 0) is 4.79 Å². The lowest BCUT2D eigenvalue weighted by Crippen LogP contribution is -2.47. The van der Waals surface area contributed by atoms with E-state index in [1.165, 1.54) is 38.9 Å². The summed E-state index contributed by atoms with van der Waals surface area (Å²) in [6, 6.07) is 7.74. The molecule has 0 radical (unpaired) electrons. The number of carbonyl (C=O) groups is 1. The Morgan fingerprint density at radius 3 is 2.68 bits per heavy atom. The summed E-state index contributed by atoms with van der Waals surface area (Å²) in [5.41, 5.74) is 1.11. The third kappa shape index (κ3) is 5.61. The van der Waals surface area contributed by atoms with E-state index in [4.69, 9.17) is 9.84 Å². The van der Waals surface area contributed by atoms with Crippen LogP contribution in [0.5, 0.6) is 5.75 Å². The maximum Gasteiger partial charge on any atom is 0.341 e. The van der Waals surface area contributed by atoms with Gasteiger partial charge in [0.1, 0.15) is 5.75 Å². The van der Waals surface area contributed by atoms with Crippen molar-refractivity contribution < 1.29 is 14.6 Å². The third-order valence-electron chi connectivity index (χ3n) is 5.23. The van der Waals surface area contributed by atoms with Gasteiger partial charge in [0.05, 0.1) is 0 Å². The summed E-state index contributed by atoms with van der Waals surface area (Å²) in [6.45, 7) is 7.46. The molecule has 2 fully saturated rings. The molecule has 0 bridgehead atoms. The highest BCUT2D eigenvalue weighted by Crippen LogP contribution is 2.23. The minimum atomic E-state index is -0.951. The van der Waals surface area contributed by atoms with Gasteiger partial charge in [-0.1, -0.05) is 6.07 Å². The first kappa shape index (κ1) is 18.0. The fourth-order valence-electron chi connectivity index (χ4n) is 3.68. The van der Waals surface area contributed by atoms with Gasteiger partial charge in [0.25, 0.3) is 0 Å². The van der Waals surface area contributed by atoms with E-state index < -0.39 is 5.97 Å². The number of rotatable bonds is 7. The van der Waals surface area contributed by atoms with Crippen molar-refractivity contribution in [3.05, 3.63) is 24.3 Å². The molecular weight excluding hydrogens is 318 g/mol. The van der Waals surface area contributed by atoms with Crippen LogP contribution < -0.4 is 15.0 Å². The Hall–Kier alpha value is -1.79. The molecule has 3 rings (SSSR count). The molecule has 6 heteroatoms. The molecule has 0 amide bonds. The highest BCUT2D eigenvalue weighted by Gasteiger charge is 2.19. The molecule has 138 valence electrons. The van der Waals surface area contributed by atoms with Gasteiger partial charge in [-0.2, -0.15) is 0 Å². The molecule has 0 aromatic heterocycles. The van der Waals surface area contributed by atoms with Gasteiger partial charge in [-0.3, -0.25) is 4.90 Å². The SMILES string of the molecule is O=C(O)COc1cccc(N2CCN(CCC3CCNCC3)CC2)c1. The number of nitrogens with zero attached hydrogens (tertiary/aromatic N) is 2. The van der Waals surface area contributed by atoms with Gasteiger partial charge in [0.15, 0.2) is 6.61 Å². The van der Waals surface area contributed by atoms with Gasteiger partial charge in [0, 0.05) is 37.9 Å². The average molecular weight is 347 g/mol. The fraction of sp³-hybridized carbons (Fsp3) is 0.632. The molecule has 0 unspecified atom stereocenters. The molecule has 2 heterocycles. The summed E-state index contributed by atoms with van der Waals surface area (Å²) < 4.78 is 5.28. The van der Waals surface area contributed by atoms with Crippen LogP contribution in [0.3, 0.4) is 0 Å². The smallest absolute Gasteiger partial charge is 0.341 e. The maximum absolute atomic E-state index is 10.6. The molecule has 0 saturated carbocycles. The molecule has 0 aliphatic carbocycles. The number of hydrogen-bond acceptors (Lipinski definition) is 5. The van der Waals surface area contributed by atoms with E-state index in [1.54, 1.807) is 0 Å². The van der Waals surface area contributed by atoms with Crippen LogP contribution in [0, 0.1) is 5.92 Å². The van der Waals surface area contributed by atoms with Crippen molar-refractivity contribution >= 4 is 11.7 Å². The zero-order chi connectivity index (χ0) is 17.5. The van der Waals surface area contributed by atoms with Crippen molar-refractivity contribution in [1.82, 2.24) is 10.2 Å². The summed E-state index contributed by atoms with van der Waals surface area (Å²) in [4.78, 5) is 15.6. The Morgan fingerprint density at radius 2 is 1.96 bits per heavy atom. The van der Waals surface area contributed by atoms with E-state index >= 15 is 0 Å². The van der Waals surface area contributed by atoms with Gasteiger partial charge in [0.2, 0.25) is 0 Å². The molecule has 0 spiro atoms. The van der Waals surface area contributed by atoms with E-state index in [0.717, 1.165) is 37.8 Å². The van der Waals surface area contributed by atoms with Crippen molar-refractivity contribution in [2.75, 3.05) is 57.3 Å². The zero-order valence-electron chi connectivity index (χ0n) is 14.8. The molecule has 2 N–H and O–H groups in total. The maximum atomic E-state index is 10.6. The Balaban J connectivity index is 1.43. The lowest BCUT2D eigenvalue weighted by molar-refractivity contribution is -0.139. The second kappa shape index (κ2) is 9.06. The molecule has 6 nitrogen and oxygen atoms in total. The average Bonchev–Trinajstić information content (AvgIpc) is 2.66. The van der Waals surface area contributed by atoms with Crippen molar-refractivity contribution in [1.29, 1.82) is 0 Å². The number of carboxylic acid groups (broad SMARTS) is 1. The number of piperidine rings is 1. The minimum Gasteiger partial charge on any atom is -0.482 e. The third-order valence-corrected chi connectivity index (χ3v) is 5.23. The largest absolute Gasteiger partial charge is 0.482 e. The van der Waals surface area contributed by atoms with Crippen LogP contribution in [0.2, 0.25) is 0 Å². The van der Waals surface area contributed by atoms with Gasteiger partial charge in [-0.15, -0.1) is 0 Å². The van der Waals surface area contributed by atoms with Crippen LogP contribution in [0.15, 0.2) is 24.3 Å². The van der Waals surface area contributed by atoms with Crippen molar-refractivity contribution in [2.45, 2.75) is 19.3 Å². The van der Waals surface area contributed by atoms with Gasteiger partial charge < -0.3 is 20.1 Å². The highest BCUT2D eigenvalue weighted by atomic mass is 16.5. The van der Waals surface area contributed by atoms with E-state index in [0.29, 0.717) is 5.75 Å². The number of nitrogens with one attached hydrogen (secondary N) is 1. The number of aliphatic carboxylic acids is 1. The Bertz CT molecular complexity index is 553. The molecule has 2 aliphatic heterocycles. The summed E-state index contributed by atoms with van der Waals surface area (Å²) in [5.74, 6) is 0.559. The molecular formula is C19H29N3O3. The van der Waals surface area contributed by atoms with Crippen molar-refractivity contribution in [2.24, 2.45) is 5.92 Å². The molecule has 1 aromatic carbocycles. The predicted octanol–water partition coefficient (Wildman–Crippen LogP) is 1.66. The summed E-state index contributed by atoms with van der Waals surface area (Å²) in [6.07, 6.45) is 3.96. The van der Waals surface area contributed by atoms with E-state index in [2.05, 4.69) is 21.2 Å². The first-order valence-electron chi connectivity index (χ1n) is 9.33. The van der Waals surface area contributed by atoms with E-state index in [9.17, 15) is 4.79 Å². The number of piperazine rings is 1. The summed E-state index contributed by atoms with van der Waals surface area (Å²) in [7, 11) is 0. The van der Waals surface area contributed by atoms with Gasteiger partial charge >= 0.3 is 5.97 Å². The first-order valence-corrected chi connectivity index (χ1v) is 9.33. The van der Waals surface area contributed by atoms with Gasteiger partial charge in [-0.05, 0) is 56.9 Å². The Labute approximate surface area is 149 Å². The topological polar surface area (TPSA) is 65.0 Å². The molecule has 2 saturated heterocycles. The van der Waals surface area contributed by atoms with Crippen LogP contribution in [0.25, 0.3) is 0 Å². The highest BCUT2D eigenvalue weighted by molar-refractivity contribution is 5.68. The predicted molar refractivity (Wildman–Crippen MR) is 98.4 cm³/mol. The normalized spacial score (nSPS) is 19.8. The summed E-state index contributed by atoms with van der Waals surface area (Å²) in [5, 5.41) is 12.2. The van der Waals surface area contributed by atoms with Crippen LogP contribution in [0.1, 0.15) is 19.3 Å². The second-order valence-corrected chi connectivity index (χ2v) is 6.99. The number of carboxylic acids is 1. The molecule has 1 aromatic rings. The fourth-order valence-corrected chi connectivity index (χ4v) is 3.68. The number of benzene rings is 1. The van der Waals surface area contributed by atoms with Crippen molar-refractivity contribution in [3.63, 3.8) is 0 Å². The Morgan fingerprint density at radius 1 is 1.20 bits per heavy atom. The molecule has 0 atom stereocenters. The standard InChI is InChI=1S/C19H29N3O3/c23-19(24)15-25-18-3-1-2-17(14-18)22-12-10-21(11-13-22)9-6-16-4-7-20-8-5-16/h1-3,14,16,20H,4-13,15H2,(H,23,24). The Kier molecular flexibility index (Phi) is 6.53. The zero-order valence-corrected chi connectivity index (χ0v) is 14.8. The quantitative estimate of drug-likeness (QED) is 0.782. The lowest BCUT2D eigenvalue weighted by Gasteiger charge is -2.37. The van der Waals surface area contributed by atoms with Crippen LogP contribution in [-0.4, -0.2) is 68.4 Å². The second-order valence-electron chi connectivity index (χ2n) is 6.99. The number of ether oxygens (including phenoxy) is 1. The van der Waals surface area contributed by atoms with Crippen LogP contribution >= 0.6 is 0 Å². The van der Waals surface area contributed by atoms with E-state index in [-0.39, 0.29) is 6.61 Å². The number of hydrogen-bond donors (Lipinski definition) is 2. The lowest BCUT2D eigenvalue weighted by atomic mass is 9.94. The minimum absolute atomic E-state index is 0.298. The van der Waals surface area contributed by atoms with E-state index in [1.807, 2.05) is 18.2 Å². The molecule has 2 aliphatic rings. The van der Waals surface area contributed by atoms with Crippen molar-refractivity contribution in [3.8, 4) is 5.75 Å².